The molecule has 2 bridgehead atoms. The van der Waals surface area contributed by atoms with E-state index in [2.05, 4.69) is 18.7 Å². The van der Waals surface area contributed by atoms with E-state index in [9.17, 15) is 13.2 Å². The van der Waals surface area contributed by atoms with Crippen LogP contribution in [0.2, 0.25) is 5.02 Å². The Kier molecular flexibility index (Phi) is 4.83. The summed E-state index contributed by atoms with van der Waals surface area (Å²) in [6.45, 7) is 8.37. The van der Waals surface area contributed by atoms with Crippen molar-refractivity contribution in [2.75, 3.05) is 36.8 Å². The minimum atomic E-state index is -3.48. The van der Waals surface area contributed by atoms with Gasteiger partial charge >= 0.3 is 0 Å². The fourth-order valence-corrected chi connectivity index (χ4v) is 8.01. The zero-order valence-electron chi connectivity index (χ0n) is 16.9. The predicted octanol–water partition coefficient (Wildman–Crippen LogP) is 3.50. The van der Waals surface area contributed by atoms with E-state index in [0.717, 1.165) is 17.7 Å². The summed E-state index contributed by atoms with van der Waals surface area (Å²) in [6, 6.07) is 5.80. The second-order valence-electron chi connectivity index (χ2n) is 9.24. The third-order valence-corrected chi connectivity index (χ3v) is 9.96. The predicted molar refractivity (Wildman–Crippen MR) is 112 cm³/mol. The number of anilines is 1. The summed E-state index contributed by atoms with van der Waals surface area (Å²) in [5, 5.41) is 0.688. The van der Waals surface area contributed by atoms with Crippen LogP contribution in [0.4, 0.5) is 5.69 Å². The average molecular weight is 425 g/mol. The van der Waals surface area contributed by atoms with E-state index in [1.165, 1.54) is 0 Å². The third-order valence-electron chi connectivity index (χ3n) is 7.71. The lowest BCUT2D eigenvalue weighted by molar-refractivity contribution is -0.128. The van der Waals surface area contributed by atoms with Gasteiger partial charge in [0, 0.05) is 48.7 Å². The number of sulfonamides is 1. The van der Waals surface area contributed by atoms with Crippen molar-refractivity contribution in [3.05, 3.63) is 28.8 Å². The average Bonchev–Trinajstić information content (AvgIpc) is 2.98. The maximum atomic E-state index is 13.3. The number of benzene rings is 1. The molecule has 2 aliphatic carbocycles. The number of carbonyl (C=O) groups is 1. The van der Waals surface area contributed by atoms with Gasteiger partial charge in [-0.05, 0) is 48.8 Å². The van der Waals surface area contributed by atoms with E-state index in [1.54, 1.807) is 4.31 Å². The van der Waals surface area contributed by atoms with Gasteiger partial charge in [-0.2, -0.15) is 4.31 Å². The molecule has 3 fully saturated rings. The Morgan fingerprint density at radius 3 is 2.43 bits per heavy atom. The van der Waals surface area contributed by atoms with Crippen molar-refractivity contribution in [1.29, 1.82) is 0 Å². The Morgan fingerprint density at radius 1 is 1.18 bits per heavy atom. The Bertz CT molecular complexity index is 906. The number of Topliss-reactive ketones (excluding diaryl/α,β-unsaturated/α-hetero) is 1. The van der Waals surface area contributed by atoms with Gasteiger partial charge < -0.3 is 4.90 Å². The molecule has 1 aromatic carbocycles. The molecule has 0 amide bonds. The van der Waals surface area contributed by atoms with Gasteiger partial charge in [0.15, 0.2) is 0 Å². The molecule has 3 aliphatic rings. The maximum absolute atomic E-state index is 13.3. The SMILES string of the molecule is Cc1ccc(Cl)cc1N1CCN(S(=O)(=O)C[C@@]23CC[C@@H](CC2=O)C3(C)C)CC1. The van der Waals surface area contributed by atoms with Gasteiger partial charge in [0.1, 0.15) is 5.78 Å². The van der Waals surface area contributed by atoms with Crippen LogP contribution >= 0.6 is 11.6 Å². The van der Waals surface area contributed by atoms with Crippen LogP contribution in [0.1, 0.15) is 38.7 Å². The molecule has 28 heavy (non-hydrogen) atoms. The van der Waals surface area contributed by atoms with Crippen LogP contribution in [0.15, 0.2) is 18.2 Å². The molecular formula is C21H29ClN2O3S. The van der Waals surface area contributed by atoms with Gasteiger partial charge in [-0.15, -0.1) is 0 Å². The van der Waals surface area contributed by atoms with Crippen LogP contribution in [0.3, 0.4) is 0 Å². The first-order valence-electron chi connectivity index (χ1n) is 10.1. The standard InChI is InChI=1S/C21H29ClN2O3S/c1-15-4-5-17(22)13-18(15)23-8-10-24(11-9-23)28(26,27)14-21-7-6-16(12-19(21)25)20(21,2)3/h4-5,13,16H,6-12,14H2,1-3H3/t16-,21-/m0/s1. The summed E-state index contributed by atoms with van der Waals surface area (Å²) in [6.07, 6.45) is 2.23. The van der Waals surface area contributed by atoms with Crippen LogP contribution < -0.4 is 4.90 Å². The first kappa shape index (κ1) is 20.2. The van der Waals surface area contributed by atoms with Crippen LogP contribution in [0.25, 0.3) is 0 Å². The summed E-state index contributed by atoms with van der Waals surface area (Å²) in [4.78, 5) is 14.9. The Balaban J connectivity index is 1.49. The number of ketones is 1. The van der Waals surface area contributed by atoms with Crippen molar-refractivity contribution in [2.45, 2.75) is 40.0 Å². The summed E-state index contributed by atoms with van der Waals surface area (Å²) in [7, 11) is -3.48. The molecule has 0 radical (unpaired) electrons. The number of piperazine rings is 1. The van der Waals surface area contributed by atoms with Gasteiger partial charge in [-0.25, -0.2) is 8.42 Å². The molecule has 2 atom stereocenters. The molecule has 0 spiro atoms. The van der Waals surface area contributed by atoms with E-state index in [4.69, 9.17) is 11.6 Å². The first-order valence-corrected chi connectivity index (χ1v) is 12.1. The van der Waals surface area contributed by atoms with E-state index in [1.807, 2.05) is 25.1 Å². The highest BCUT2D eigenvalue weighted by Crippen LogP contribution is 2.64. The van der Waals surface area contributed by atoms with E-state index in [-0.39, 0.29) is 17.0 Å². The van der Waals surface area contributed by atoms with Gasteiger partial charge in [0.05, 0.1) is 5.75 Å². The molecule has 154 valence electrons. The molecule has 1 aliphatic heterocycles. The first-order chi connectivity index (χ1) is 13.1. The summed E-state index contributed by atoms with van der Waals surface area (Å²) in [5.74, 6) is 0.460. The number of aryl methyl sites for hydroxylation is 1. The zero-order chi connectivity index (χ0) is 20.3. The largest absolute Gasteiger partial charge is 0.369 e. The minimum absolute atomic E-state index is 0.0292. The van der Waals surface area contributed by atoms with Crippen LogP contribution in [-0.4, -0.2) is 50.4 Å². The maximum Gasteiger partial charge on any atom is 0.215 e. The molecule has 0 N–H and O–H groups in total. The topological polar surface area (TPSA) is 57.7 Å². The smallest absolute Gasteiger partial charge is 0.215 e. The molecule has 1 heterocycles. The van der Waals surface area contributed by atoms with Crippen molar-refractivity contribution in [1.82, 2.24) is 4.31 Å². The van der Waals surface area contributed by atoms with Crippen LogP contribution in [0, 0.1) is 23.7 Å². The van der Waals surface area contributed by atoms with Crippen molar-refractivity contribution >= 4 is 33.1 Å². The van der Waals surface area contributed by atoms with Crippen molar-refractivity contribution in [3.63, 3.8) is 0 Å². The van der Waals surface area contributed by atoms with E-state index in [0.29, 0.717) is 50.0 Å². The third kappa shape index (κ3) is 2.99. The van der Waals surface area contributed by atoms with Gasteiger partial charge in [0.2, 0.25) is 10.0 Å². The molecule has 0 unspecified atom stereocenters. The number of halogens is 1. The summed E-state index contributed by atoms with van der Waals surface area (Å²) >= 11 is 6.14. The minimum Gasteiger partial charge on any atom is -0.369 e. The van der Waals surface area contributed by atoms with E-state index < -0.39 is 15.4 Å². The van der Waals surface area contributed by atoms with Gasteiger partial charge in [0.25, 0.3) is 0 Å². The number of carbonyl (C=O) groups excluding carboxylic acids is 1. The molecule has 1 saturated heterocycles. The van der Waals surface area contributed by atoms with Crippen molar-refractivity contribution in [2.24, 2.45) is 16.7 Å². The second-order valence-corrected chi connectivity index (χ2v) is 11.6. The van der Waals surface area contributed by atoms with Gasteiger partial charge in [-0.1, -0.05) is 31.5 Å². The Morgan fingerprint density at radius 2 is 1.86 bits per heavy atom. The Hall–Kier alpha value is -1.11. The number of hydrogen-bond acceptors (Lipinski definition) is 4. The molecule has 2 saturated carbocycles. The molecule has 0 aromatic heterocycles. The lowest BCUT2D eigenvalue weighted by Crippen LogP contribution is -2.52. The highest BCUT2D eigenvalue weighted by Gasteiger charge is 2.65. The molecular weight excluding hydrogens is 396 g/mol. The van der Waals surface area contributed by atoms with Crippen molar-refractivity contribution in [3.8, 4) is 0 Å². The van der Waals surface area contributed by atoms with E-state index >= 15 is 0 Å². The quantitative estimate of drug-likeness (QED) is 0.742. The number of hydrogen-bond donors (Lipinski definition) is 0. The molecule has 4 rings (SSSR count). The normalized spacial score (nSPS) is 30.2. The highest BCUT2D eigenvalue weighted by molar-refractivity contribution is 7.89. The number of rotatable bonds is 4. The highest BCUT2D eigenvalue weighted by atomic mass is 35.5. The fourth-order valence-electron chi connectivity index (χ4n) is 5.64. The number of fused-ring (bicyclic) bond motifs is 2. The molecule has 5 nitrogen and oxygen atoms in total. The lowest BCUT2D eigenvalue weighted by Gasteiger charge is -2.40. The van der Waals surface area contributed by atoms with Crippen molar-refractivity contribution < 1.29 is 13.2 Å². The molecule has 1 aromatic rings. The van der Waals surface area contributed by atoms with Gasteiger partial charge in [-0.3, -0.25) is 4.79 Å². The summed E-state index contributed by atoms with van der Waals surface area (Å²) in [5.41, 5.74) is 1.28. The fraction of sp³-hybridized carbons (Fsp3) is 0.667. The molecule has 7 heteroatoms. The van der Waals surface area contributed by atoms with Crippen LogP contribution in [0.5, 0.6) is 0 Å². The zero-order valence-corrected chi connectivity index (χ0v) is 18.4. The lowest BCUT2D eigenvalue weighted by atomic mass is 9.70. The monoisotopic (exact) mass is 424 g/mol. The second kappa shape index (κ2) is 6.71. The Labute approximate surface area is 173 Å². The van der Waals surface area contributed by atoms with Crippen LogP contribution in [-0.2, 0) is 14.8 Å². The summed E-state index contributed by atoms with van der Waals surface area (Å²) < 4.78 is 28.1. The number of nitrogens with zero attached hydrogens (tertiary/aromatic N) is 2.